The Hall–Kier alpha value is -3.80. The lowest BCUT2D eigenvalue weighted by Gasteiger charge is -2.10. The van der Waals surface area contributed by atoms with E-state index in [9.17, 15) is 27.9 Å². The molecule has 28 heavy (non-hydrogen) atoms. The third kappa shape index (κ3) is 3.81. The van der Waals surface area contributed by atoms with Gasteiger partial charge < -0.3 is 5.11 Å². The third-order valence-corrected chi connectivity index (χ3v) is 3.74. The van der Waals surface area contributed by atoms with E-state index < -0.39 is 17.6 Å². The molecule has 3 rings (SSSR count). The van der Waals surface area contributed by atoms with Crippen LogP contribution < -0.4 is 0 Å². The van der Waals surface area contributed by atoms with Crippen molar-refractivity contribution in [2.24, 2.45) is 4.99 Å². The topological polar surface area (TPSA) is 82.2 Å². The lowest BCUT2D eigenvalue weighted by atomic mass is 10.1. The van der Waals surface area contributed by atoms with Gasteiger partial charge in [0, 0.05) is 24.2 Å². The molecule has 0 amide bonds. The maximum absolute atomic E-state index is 13.4. The smallest absolute Gasteiger partial charge is 0.419 e. The monoisotopic (exact) mass is 386 g/mol. The first-order valence-corrected chi connectivity index (χ1v) is 7.75. The highest BCUT2D eigenvalue weighted by Gasteiger charge is 2.34. The number of halogens is 4. The van der Waals surface area contributed by atoms with E-state index in [-0.39, 0.29) is 28.4 Å². The molecule has 5 nitrogen and oxygen atoms in total. The minimum Gasteiger partial charge on any atom is -0.505 e. The van der Waals surface area contributed by atoms with E-state index in [4.69, 9.17) is 0 Å². The molecule has 0 saturated carbocycles. The number of alkyl halides is 3. The fourth-order valence-electron chi connectivity index (χ4n) is 2.44. The molecule has 0 spiro atoms. The number of nitrogens with zero attached hydrogens (tertiary/aromatic N) is 4. The zero-order valence-corrected chi connectivity index (χ0v) is 13.9. The summed E-state index contributed by atoms with van der Waals surface area (Å²) in [6, 6.07) is 8.33. The summed E-state index contributed by atoms with van der Waals surface area (Å²) in [4.78, 5) is 11.8. The van der Waals surface area contributed by atoms with E-state index in [1.807, 2.05) is 0 Å². The fraction of sp³-hybridized carbons (Fsp3) is 0.0526. The highest BCUT2D eigenvalue weighted by atomic mass is 19.4. The second kappa shape index (κ2) is 7.44. The van der Waals surface area contributed by atoms with Gasteiger partial charge in [0.2, 0.25) is 0 Å². The van der Waals surface area contributed by atoms with Gasteiger partial charge in [-0.1, -0.05) is 0 Å². The molecule has 0 radical (unpaired) electrons. The number of aliphatic imine (C=N–C) groups is 1. The van der Waals surface area contributed by atoms with E-state index in [1.165, 1.54) is 24.7 Å². The van der Waals surface area contributed by atoms with Gasteiger partial charge in [0.1, 0.15) is 17.6 Å². The van der Waals surface area contributed by atoms with Crippen LogP contribution in [0.25, 0.3) is 11.3 Å². The number of hydrogen-bond donors (Lipinski definition) is 1. The number of benzene rings is 1. The molecular formula is C19H10F4N4O. The molecule has 0 fully saturated rings. The van der Waals surface area contributed by atoms with Crippen molar-refractivity contribution in [2.45, 2.75) is 6.18 Å². The van der Waals surface area contributed by atoms with Crippen LogP contribution >= 0.6 is 0 Å². The summed E-state index contributed by atoms with van der Waals surface area (Å²) >= 11 is 0. The Labute approximate surface area is 156 Å². The minimum absolute atomic E-state index is 0.0257. The first-order valence-electron chi connectivity index (χ1n) is 7.75. The van der Waals surface area contributed by atoms with Gasteiger partial charge in [-0.25, -0.2) is 9.38 Å². The first-order chi connectivity index (χ1) is 13.3. The average molecular weight is 386 g/mol. The van der Waals surface area contributed by atoms with E-state index in [1.54, 1.807) is 18.2 Å². The molecule has 2 aromatic heterocycles. The van der Waals surface area contributed by atoms with Crippen molar-refractivity contribution in [1.82, 2.24) is 9.97 Å². The molecule has 0 bridgehead atoms. The van der Waals surface area contributed by atoms with Crippen molar-refractivity contribution >= 4 is 11.4 Å². The van der Waals surface area contributed by atoms with E-state index >= 15 is 0 Å². The zero-order valence-electron chi connectivity index (χ0n) is 13.9. The summed E-state index contributed by atoms with van der Waals surface area (Å²) in [6.45, 7) is 0. The molecular weight excluding hydrogens is 376 g/mol. The summed E-state index contributed by atoms with van der Waals surface area (Å²) < 4.78 is 52.0. The zero-order chi connectivity index (χ0) is 20.3. The van der Waals surface area contributed by atoms with Crippen LogP contribution in [0.5, 0.6) is 5.75 Å². The summed E-state index contributed by atoms with van der Waals surface area (Å²) in [5, 5.41) is 19.9. The third-order valence-electron chi connectivity index (χ3n) is 3.74. The molecule has 0 unspecified atom stereocenters. The van der Waals surface area contributed by atoms with E-state index in [0.717, 1.165) is 6.07 Å². The molecule has 0 aliphatic heterocycles. The van der Waals surface area contributed by atoms with Gasteiger partial charge in [-0.05, 0) is 36.4 Å². The Bertz CT molecular complexity index is 1090. The van der Waals surface area contributed by atoms with Crippen LogP contribution in [0.1, 0.15) is 11.1 Å². The number of pyridine rings is 2. The maximum atomic E-state index is 13.4. The van der Waals surface area contributed by atoms with Gasteiger partial charge >= 0.3 is 6.18 Å². The van der Waals surface area contributed by atoms with Crippen LogP contribution in [0.3, 0.4) is 0 Å². The standard InChI is InChI=1S/C19H10F4N4O/c20-15-2-1-12(9-14(15)19(21,22)23)27-16(10-24)13-5-8-26-17(18(13)28)11-3-6-25-7-4-11/h1-9,28H/b27-16+. The molecule has 3 aromatic rings. The normalized spacial score (nSPS) is 11.9. The number of aromatic nitrogens is 2. The Morgan fingerprint density at radius 3 is 2.43 bits per heavy atom. The second-order valence-corrected chi connectivity index (χ2v) is 5.53. The predicted molar refractivity (Wildman–Crippen MR) is 92.3 cm³/mol. The molecule has 0 atom stereocenters. The van der Waals surface area contributed by atoms with Gasteiger partial charge in [-0.15, -0.1) is 0 Å². The van der Waals surface area contributed by atoms with Crippen molar-refractivity contribution < 1.29 is 22.7 Å². The molecule has 0 aliphatic carbocycles. The number of hydrogen-bond acceptors (Lipinski definition) is 5. The highest BCUT2D eigenvalue weighted by molar-refractivity contribution is 6.15. The lowest BCUT2D eigenvalue weighted by molar-refractivity contribution is -0.139. The van der Waals surface area contributed by atoms with E-state index in [0.29, 0.717) is 17.7 Å². The largest absolute Gasteiger partial charge is 0.505 e. The molecule has 140 valence electrons. The molecule has 0 saturated heterocycles. The van der Waals surface area contributed by atoms with Crippen LogP contribution in [-0.2, 0) is 6.18 Å². The molecule has 9 heteroatoms. The molecule has 1 aromatic carbocycles. The summed E-state index contributed by atoms with van der Waals surface area (Å²) in [5.74, 6) is -1.82. The Kier molecular flexibility index (Phi) is 5.04. The lowest BCUT2D eigenvalue weighted by Crippen LogP contribution is -2.07. The van der Waals surface area contributed by atoms with Gasteiger partial charge in [0.25, 0.3) is 0 Å². The molecule has 2 heterocycles. The summed E-state index contributed by atoms with van der Waals surface area (Å²) in [6.07, 6.45) is -0.613. The van der Waals surface area contributed by atoms with Crippen LogP contribution in [0.2, 0.25) is 0 Å². The van der Waals surface area contributed by atoms with Crippen molar-refractivity contribution in [3.8, 4) is 23.1 Å². The van der Waals surface area contributed by atoms with Crippen LogP contribution in [0.4, 0.5) is 23.2 Å². The Balaban J connectivity index is 2.10. The van der Waals surface area contributed by atoms with Crippen LogP contribution in [-0.4, -0.2) is 20.8 Å². The first kappa shape index (κ1) is 19.0. The van der Waals surface area contributed by atoms with Gasteiger partial charge in [0.15, 0.2) is 11.5 Å². The van der Waals surface area contributed by atoms with Gasteiger partial charge in [0.05, 0.1) is 16.8 Å². The van der Waals surface area contributed by atoms with Crippen molar-refractivity contribution in [1.29, 1.82) is 5.26 Å². The number of aromatic hydroxyl groups is 1. The van der Waals surface area contributed by atoms with Crippen LogP contribution in [0.15, 0.2) is 60.0 Å². The highest BCUT2D eigenvalue weighted by Crippen LogP contribution is 2.35. The van der Waals surface area contributed by atoms with Crippen molar-refractivity contribution in [3.05, 3.63) is 71.9 Å². The summed E-state index contributed by atoms with van der Waals surface area (Å²) in [5.41, 5.74) is -1.49. The Morgan fingerprint density at radius 1 is 1.07 bits per heavy atom. The molecule has 0 aliphatic rings. The predicted octanol–water partition coefficient (Wildman–Crippen LogP) is 4.65. The number of rotatable bonds is 3. The van der Waals surface area contributed by atoms with Crippen molar-refractivity contribution in [3.63, 3.8) is 0 Å². The minimum atomic E-state index is -4.91. The summed E-state index contributed by atoms with van der Waals surface area (Å²) in [7, 11) is 0. The Morgan fingerprint density at radius 2 is 1.79 bits per heavy atom. The van der Waals surface area contributed by atoms with Gasteiger partial charge in [-0.2, -0.15) is 18.4 Å². The molecule has 1 N–H and O–H groups in total. The van der Waals surface area contributed by atoms with Crippen LogP contribution in [0, 0.1) is 17.1 Å². The van der Waals surface area contributed by atoms with Crippen molar-refractivity contribution in [2.75, 3.05) is 0 Å². The fourth-order valence-corrected chi connectivity index (χ4v) is 2.44. The van der Waals surface area contributed by atoms with Gasteiger partial charge in [-0.3, -0.25) is 9.97 Å². The average Bonchev–Trinajstić information content (AvgIpc) is 2.67. The quantitative estimate of drug-likeness (QED) is 0.525. The maximum Gasteiger partial charge on any atom is 0.419 e. The second-order valence-electron chi connectivity index (χ2n) is 5.53. The van der Waals surface area contributed by atoms with E-state index in [2.05, 4.69) is 15.0 Å². The SMILES string of the molecule is N#C/C(=N\c1ccc(F)c(C(F)(F)F)c1)c1ccnc(-c2ccncc2)c1O. The number of nitriles is 1.